The van der Waals surface area contributed by atoms with E-state index in [0.717, 1.165) is 12.8 Å². The van der Waals surface area contributed by atoms with Crippen LogP contribution in [0, 0.1) is 5.82 Å². The van der Waals surface area contributed by atoms with E-state index in [0.29, 0.717) is 29.0 Å². The van der Waals surface area contributed by atoms with E-state index in [4.69, 9.17) is 4.52 Å². The van der Waals surface area contributed by atoms with Crippen molar-refractivity contribution in [1.29, 1.82) is 0 Å². The molecule has 0 N–H and O–H groups in total. The molecule has 6 nitrogen and oxygen atoms in total. The second-order valence-electron chi connectivity index (χ2n) is 5.47. The smallest absolute Gasteiger partial charge is 0.230 e. The van der Waals surface area contributed by atoms with Crippen molar-refractivity contribution < 1.29 is 8.91 Å². The molecule has 1 fully saturated rings. The molecule has 4 rings (SSSR count). The standard InChI is InChI=1S/C15H14FN5O/c16-11-6-3-7-12(8-11)21-9-13(18-20-21)14-17-15(22-19-14)10-4-1-2-5-10/h3,6-10H,1-2,4-5H2. The van der Waals surface area contributed by atoms with Crippen molar-refractivity contribution in [3.63, 3.8) is 0 Å². The summed E-state index contributed by atoms with van der Waals surface area (Å²) in [7, 11) is 0. The monoisotopic (exact) mass is 299 g/mol. The largest absolute Gasteiger partial charge is 0.339 e. The van der Waals surface area contributed by atoms with Gasteiger partial charge in [0.25, 0.3) is 0 Å². The molecule has 1 saturated carbocycles. The maximum atomic E-state index is 13.3. The maximum Gasteiger partial charge on any atom is 0.230 e. The number of nitrogens with zero attached hydrogens (tertiary/aromatic N) is 5. The van der Waals surface area contributed by atoms with Gasteiger partial charge in [0, 0.05) is 5.92 Å². The first-order chi connectivity index (χ1) is 10.8. The summed E-state index contributed by atoms with van der Waals surface area (Å²) in [4.78, 5) is 4.42. The first-order valence-corrected chi connectivity index (χ1v) is 7.32. The molecule has 1 aliphatic rings. The highest BCUT2D eigenvalue weighted by Crippen LogP contribution is 2.33. The summed E-state index contributed by atoms with van der Waals surface area (Å²) < 4.78 is 20.1. The van der Waals surface area contributed by atoms with E-state index in [-0.39, 0.29) is 5.82 Å². The zero-order valence-electron chi connectivity index (χ0n) is 11.8. The lowest BCUT2D eigenvalue weighted by molar-refractivity contribution is 0.354. The third kappa shape index (κ3) is 2.38. The van der Waals surface area contributed by atoms with Crippen LogP contribution in [0.3, 0.4) is 0 Å². The molecule has 0 radical (unpaired) electrons. The molecule has 22 heavy (non-hydrogen) atoms. The van der Waals surface area contributed by atoms with E-state index in [1.807, 2.05) is 0 Å². The summed E-state index contributed by atoms with van der Waals surface area (Å²) in [5, 5.41) is 12.0. The van der Waals surface area contributed by atoms with Gasteiger partial charge in [0.1, 0.15) is 5.82 Å². The number of benzene rings is 1. The summed E-state index contributed by atoms with van der Waals surface area (Å²) in [6.07, 6.45) is 6.27. The number of halogens is 1. The van der Waals surface area contributed by atoms with E-state index in [2.05, 4.69) is 20.5 Å². The van der Waals surface area contributed by atoms with Crippen LogP contribution in [0.2, 0.25) is 0 Å². The van der Waals surface area contributed by atoms with E-state index in [1.165, 1.54) is 29.7 Å². The second kappa shape index (κ2) is 5.32. The second-order valence-corrected chi connectivity index (χ2v) is 5.47. The fraction of sp³-hybridized carbons (Fsp3) is 0.333. The molecular weight excluding hydrogens is 285 g/mol. The third-order valence-corrected chi connectivity index (χ3v) is 3.94. The number of hydrogen-bond donors (Lipinski definition) is 0. The van der Waals surface area contributed by atoms with Crippen LogP contribution < -0.4 is 0 Å². The molecule has 2 aromatic heterocycles. The van der Waals surface area contributed by atoms with Crippen LogP contribution in [0.25, 0.3) is 17.2 Å². The van der Waals surface area contributed by atoms with Crippen molar-refractivity contribution in [2.45, 2.75) is 31.6 Å². The van der Waals surface area contributed by atoms with Crippen LogP contribution in [0.15, 0.2) is 35.0 Å². The zero-order chi connectivity index (χ0) is 14.9. The van der Waals surface area contributed by atoms with Gasteiger partial charge >= 0.3 is 0 Å². The molecule has 1 aliphatic carbocycles. The quantitative estimate of drug-likeness (QED) is 0.743. The van der Waals surface area contributed by atoms with Crippen LogP contribution in [-0.2, 0) is 0 Å². The highest BCUT2D eigenvalue weighted by Gasteiger charge is 2.24. The average molecular weight is 299 g/mol. The Morgan fingerprint density at radius 3 is 2.91 bits per heavy atom. The van der Waals surface area contributed by atoms with Crippen molar-refractivity contribution >= 4 is 0 Å². The predicted octanol–water partition coefficient (Wildman–Crippen LogP) is 3.11. The molecule has 0 amide bonds. The Morgan fingerprint density at radius 1 is 1.23 bits per heavy atom. The van der Waals surface area contributed by atoms with Gasteiger partial charge in [-0.2, -0.15) is 4.98 Å². The molecule has 7 heteroatoms. The Kier molecular flexibility index (Phi) is 3.17. The van der Waals surface area contributed by atoms with Crippen molar-refractivity contribution in [2.24, 2.45) is 0 Å². The first kappa shape index (κ1) is 13.1. The van der Waals surface area contributed by atoms with Crippen LogP contribution in [-0.4, -0.2) is 25.1 Å². The normalized spacial score (nSPS) is 15.5. The molecule has 0 atom stereocenters. The Labute approximate surface area is 126 Å². The van der Waals surface area contributed by atoms with Gasteiger partial charge in [-0.3, -0.25) is 0 Å². The molecular formula is C15H14FN5O. The fourth-order valence-corrected chi connectivity index (χ4v) is 2.79. The summed E-state index contributed by atoms with van der Waals surface area (Å²) in [6.45, 7) is 0. The number of aromatic nitrogens is 5. The lowest BCUT2D eigenvalue weighted by Crippen LogP contribution is -1.94. The predicted molar refractivity (Wildman–Crippen MR) is 75.8 cm³/mol. The fourth-order valence-electron chi connectivity index (χ4n) is 2.79. The van der Waals surface area contributed by atoms with E-state index < -0.39 is 0 Å². The number of hydrogen-bond acceptors (Lipinski definition) is 5. The van der Waals surface area contributed by atoms with E-state index in [9.17, 15) is 4.39 Å². The van der Waals surface area contributed by atoms with Gasteiger partial charge < -0.3 is 4.52 Å². The van der Waals surface area contributed by atoms with Gasteiger partial charge in [0.05, 0.1) is 11.9 Å². The minimum Gasteiger partial charge on any atom is -0.339 e. The van der Waals surface area contributed by atoms with Gasteiger partial charge in [-0.05, 0) is 31.0 Å². The first-order valence-electron chi connectivity index (χ1n) is 7.32. The highest BCUT2D eigenvalue weighted by molar-refractivity contribution is 5.47. The van der Waals surface area contributed by atoms with Crippen LogP contribution >= 0.6 is 0 Å². The minimum absolute atomic E-state index is 0.322. The number of rotatable bonds is 3. The topological polar surface area (TPSA) is 69.6 Å². The lowest BCUT2D eigenvalue weighted by Gasteiger charge is -1.99. The SMILES string of the molecule is Fc1cccc(-n2cc(-c3noc(C4CCCC4)n3)nn2)c1. The molecule has 0 unspecified atom stereocenters. The maximum absolute atomic E-state index is 13.3. The Balaban J connectivity index is 1.61. The van der Waals surface area contributed by atoms with E-state index in [1.54, 1.807) is 18.3 Å². The van der Waals surface area contributed by atoms with Gasteiger partial charge in [-0.15, -0.1) is 5.10 Å². The van der Waals surface area contributed by atoms with Gasteiger partial charge in [0.15, 0.2) is 5.69 Å². The minimum atomic E-state index is -0.322. The molecule has 112 valence electrons. The van der Waals surface area contributed by atoms with Crippen LogP contribution in [0.5, 0.6) is 0 Å². The van der Waals surface area contributed by atoms with Gasteiger partial charge in [-0.25, -0.2) is 9.07 Å². The summed E-state index contributed by atoms with van der Waals surface area (Å²) in [5.74, 6) is 1.13. The molecule has 3 aromatic rings. The van der Waals surface area contributed by atoms with Crippen molar-refractivity contribution in [3.05, 3.63) is 42.2 Å². The highest BCUT2D eigenvalue weighted by atomic mass is 19.1. The van der Waals surface area contributed by atoms with Crippen LogP contribution in [0.1, 0.15) is 37.5 Å². The summed E-state index contributed by atoms with van der Waals surface area (Å²) in [5.41, 5.74) is 1.11. The van der Waals surface area contributed by atoms with Crippen LogP contribution in [0.4, 0.5) is 4.39 Å². The van der Waals surface area contributed by atoms with Crippen molar-refractivity contribution in [1.82, 2.24) is 25.1 Å². The third-order valence-electron chi connectivity index (χ3n) is 3.94. The van der Waals surface area contributed by atoms with Crippen molar-refractivity contribution in [2.75, 3.05) is 0 Å². The molecule has 0 aliphatic heterocycles. The molecule has 0 saturated heterocycles. The van der Waals surface area contributed by atoms with E-state index >= 15 is 0 Å². The summed E-state index contributed by atoms with van der Waals surface area (Å²) >= 11 is 0. The van der Waals surface area contributed by atoms with Gasteiger partial charge in [0.2, 0.25) is 11.7 Å². The van der Waals surface area contributed by atoms with Crippen molar-refractivity contribution in [3.8, 4) is 17.2 Å². The average Bonchev–Trinajstić information content (AvgIpc) is 3.27. The molecule has 0 spiro atoms. The summed E-state index contributed by atoms with van der Waals surface area (Å²) in [6, 6.07) is 6.15. The Hall–Kier alpha value is -2.57. The van der Waals surface area contributed by atoms with Gasteiger partial charge in [-0.1, -0.05) is 29.3 Å². The Morgan fingerprint density at radius 2 is 2.09 bits per heavy atom. The molecule has 1 aromatic carbocycles. The molecule has 0 bridgehead atoms. The molecule has 2 heterocycles. The zero-order valence-corrected chi connectivity index (χ0v) is 11.8. The lowest BCUT2D eigenvalue weighted by atomic mass is 10.1. The Bertz CT molecular complexity index is 791.